The second-order valence-electron chi connectivity index (χ2n) is 14.3. The summed E-state index contributed by atoms with van der Waals surface area (Å²) in [6, 6.07) is 3.03. The van der Waals surface area contributed by atoms with E-state index in [9.17, 15) is 35.1 Å². The molecule has 6 bridgehead atoms. The zero-order valence-corrected chi connectivity index (χ0v) is 25.7. The number of nitrogens with zero attached hydrogens (tertiary/aromatic N) is 1. The Morgan fingerprint density at radius 1 is 1.16 bits per heavy atom. The molecule has 1 aromatic rings. The summed E-state index contributed by atoms with van der Waals surface area (Å²) in [5.41, 5.74) is -5.20. The number of rotatable bonds is 8. The van der Waals surface area contributed by atoms with Crippen molar-refractivity contribution in [2.24, 2.45) is 39.1 Å². The molecule has 3 heterocycles. The van der Waals surface area contributed by atoms with Crippen LogP contribution in [0.5, 0.6) is 0 Å². The van der Waals surface area contributed by atoms with Crippen LogP contribution in [0.2, 0.25) is 0 Å². The summed E-state index contributed by atoms with van der Waals surface area (Å²) in [7, 11) is 0. The van der Waals surface area contributed by atoms with Gasteiger partial charge in [-0.3, -0.25) is 9.79 Å². The van der Waals surface area contributed by atoms with Crippen LogP contribution < -0.4 is 11.5 Å². The molecule has 2 aliphatic heterocycles. The molecule has 6 fully saturated rings. The van der Waals surface area contributed by atoms with E-state index in [-0.39, 0.29) is 37.5 Å². The smallest absolute Gasteiger partial charge is 0.355 e. The first-order valence-corrected chi connectivity index (χ1v) is 15.2. The van der Waals surface area contributed by atoms with E-state index >= 15 is 0 Å². The Labute approximate surface area is 254 Å². The lowest BCUT2D eigenvalue weighted by atomic mass is 9.52. The molecule has 4 saturated carbocycles. The molecule has 14 heteroatoms. The number of carbonyl (C=O) groups excluding carboxylic acids is 2. The van der Waals surface area contributed by atoms with Crippen molar-refractivity contribution in [3.05, 3.63) is 24.0 Å². The Morgan fingerprint density at radius 3 is 2.43 bits per heavy atom. The zero-order chi connectivity index (χ0) is 32.5. The van der Waals surface area contributed by atoms with E-state index in [1.165, 1.54) is 26.1 Å². The van der Waals surface area contributed by atoms with Crippen molar-refractivity contribution in [2.45, 2.75) is 113 Å². The van der Waals surface area contributed by atoms with Gasteiger partial charge in [-0.15, -0.1) is 0 Å². The van der Waals surface area contributed by atoms with E-state index < -0.39 is 87.0 Å². The molecule has 0 unspecified atom stereocenters. The molecular formula is C30H44N4O10. The van der Waals surface area contributed by atoms with Gasteiger partial charge in [-0.25, -0.2) is 4.79 Å². The molecule has 2 saturated heterocycles. The first-order chi connectivity index (χ1) is 20.3. The van der Waals surface area contributed by atoms with Gasteiger partial charge in [0.1, 0.15) is 34.2 Å². The summed E-state index contributed by atoms with van der Waals surface area (Å²) in [6.45, 7) is 8.04. The fraction of sp³-hybridized carbons (Fsp3) is 0.767. The highest BCUT2D eigenvalue weighted by molar-refractivity contribution is 5.87. The third-order valence-corrected chi connectivity index (χ3v) is 12.4. The zero-order valence-electron chi connectivity index (χ0n) is 25.7. The van der Waals surface area contributed by atoms with Gasteiger partial charge in [-0.1, -0.05) is 27.7 Å². The van der Waals surface area contributed by atoms with Crippen LogP contribution in [0, 0.1) is 22.7 Å². The van der Waals surface area contributed by atoms with Gasteiger partial charge < -0.3 is 56.2 Å². The van der Waals surface area contributed by atoms with Crippen LogP contribution in [0.4, 0.5) is 0 Å². The Bertz CT molecular complexity index is 1420. The van der Waals surface area contributed by atoms with E-state index in [1.807, 2.05) is 0 Å². The average molecular weight is 621 g/mol. The number of esters is 2. The van der Waals surface area contributed by atoms with Crippen LogP contribution in [0.3, 0.4) is 0 Å². The number of ether oxygens (including phenoxy) is 3. The monoisotopic (exact) mass is 620 g/mol. The Kier molecular flexibility index (Phi) is 6.35. The molecule has 0 radical (unpaired) electrons. The molecule has 1 aromatic heterocycles. The number of aromatic amines is 1. The van der Waals surface area contributed by atoms with Crippen LogP contribution in [0.1, 0.15) is 77.2 Å². The van der Waals surface area contributed by atoms with Crippen molar-refractivity contribution >= 4 is 17.9 Å². The first-order valence-electron chi connectivity index (χ1n) is 15.2. The minimum atomic E-state index is -2.69. The van der Waals surface area contributed by atoms with Crippen molar-refractivity contribution < 1.29 is 49.3 Å². The van der Waals surface area contributed by atoms with Crippen LogP contribution in [-0.2, 0) is 19.0 Å². The molecule has 1 spiro atoms. The number of aliphatic imine (C=N–C) groups is 1. The number of guanidine groups is 1. The number of hydrogen-bond donors (Lipinski definition) is 8. The molecule has 0 aromatic carbocycles. The van der Waals surface area contributed by atoms with E-state index in [4.69, 9.17) is 25.7 Å². The predicted molar refractivity (Wildman–Crippen MR) is 152 cm³/mol. The number of nitrogens with one attached hydrogen (secondary N) is 1. The lowest BCUT2D eigenvalue weighted by Crippen LogP contribution is -2.75. The van der Waals surface area contributed by atoms with Crippen molar-refractivity contribution in [2.75, 3.05) is 6.54 Å². The molecule has 11 atom stereocenters. The van der Waals surface area contributed by atoms with Gasteiger partial charge in [0.25, 0.3) is 0 Å². The highest BCUT2D eigenvalue weighted by Gasteiger charge is 3.10. The molecule has 10 N–H and O–H groups in total. The van der Waals surface area contributed by atoms with Crippen LogP contribution in [-0.4, -0.2) is 101 Å². The fourth-order valence-corrected chi connectivity index (χ4v) is 10.4. The van der Waals surface area contributed by atoms with Gasteiger partial charge in [-0.2, -0.15) is 0 Å². The predicted octanol–water partition coefficient (Wildman–Crippen LogP) is -0.583. The summed E-state index contributed by atoms with van der Waals surface area (Å²) in [5.74, 6) is -5.44. The van der Waals surface area contributed by atoms with Gasteiger partial charge in [0.2, 0.25) is 0 Å². The van der Waals surface area contributed by atoms with Crippen molar-refractivity contribution in [3.8, 4) is 0 Å². The van der Waals surface area contributed by atoms with E-state index in [1.54, 1.807) is 26.8 Å². The minimum Gasteiger partial charge on any atom is -0.459 e. The van der Waals surface area contributed by atoms with E-state index in [2.05, 4.69) is 9.98 Å². The average Bonchev–Trinajstić information content (AvgIpc) is 3.57. The molecule has 0 amide bonds. The summed E-state index contributed by atoms with van der Waals surface area (Å²) in [5, 5.41) is 64.5. The molecule has 6 aliphatic rings. The highest BCUT2D eigenvalue weighted by atomic mass is 16.7. The Balaban J connectivity index is 1.54. The summed E-state index contributed by atoms with van der Waals surface area (Å²) in [4.78, 5) is 33.3. The normalized spacial score (nSPS) is 49.7. The van der Waals surface area contributed by atoms with Gasteiger partial charge in [0.15, 0.2) is 23.5 Å². The van der Waals surface area contributed by atoms with Gasteiger partial charge in [0, 0.05) is 31.0 Å². The number of nitrogens with two attached hydrogens (primary N) is 2. The molecule has 7 rings (SSSR count). The maximum atomic E-state index is 13.4. The van der Waals surface area contributed by atoms with Gasteiger partial charge in [0.05, 0.1) is 5.41 Å². The third kappa shape index (κ3) is 2.88. The Hall–Kier alpha value is -2.75. The number of H-pyrrole nitrogens is 1. The van der Waals surface area contributed by atoms with Crippen molar-refractivity contribution in [1.29, 1.82) is 0 Å². The van der Waals surface area contributed by atoms with E-state index in [0.29, 0.717) is 6.42 Å². The van der Waals surface area contributed by atoms with Crippen LogP contribution in [0.15, 0.2) is 23.3 Å². The molecule has 244 valence electrons. The molecule has 44 heavy (non-hydrogen) atoms. The largest absolute Gasteiger partial charge is 0.459 e. The lowest BCUT2D eigenvalue weighted by Gasteiger charge is -2.61. The number of aliphatic hydroxyl groups is 5. The highest BCUT2D eigenvalue weighted by Crippen LogP contribution is 2.90. The number of carbonyl (C=O) groups is 2. The number of hydrogen-bond acceptors (Lipinski definition) is 11. The molecule has 4 aliphatic carbocycles. The quantitative estimate of drug-likeness (QED) is 0.0787. The maximum Gasteiger partial charge on any atom is 0.355 e. The topological polar surface area (TPSA) is 243 Å². The standard InChI is InChI=1S/C30H44N4O10/c1-15(2)27(39)21(43-20(36)17-8-6-12-33-17)28(40)23(4)14-26(38)24(27,5)30(28,41)29(44-26)19(16(3)10-11-25(23,29)37)42-18(35)9-7-13-34-22(31)32/h6,8,12,15-16,19,21,33,37-41H,7,9-11,13-14H2,1-5H3,(H4,31,32,34)/t16-,19+,21+,23-,24+,25-,26+,27-,28+,29+,30+/m0/s1. The van der Waals surface area contributed by atoms with Crippen LogP contribution >= 0.6 is 0 Å². The minimum absolute atomic E-state index is 0.00259. The van der Waals surface area contributed by atoms with Crippen molar-refractivity contribution in [1.82, 2.24) is 4.98 Å². The lowest BCUT2D eigenvalue weighted by molar-refractivity contribution is -0.390. The Morgan fingerprint density at radius 2 is 1.84 bits per heavy atom. The summed E-state index contributed by atoms with van der Waals surface area (Å²) in [6.07, 6.45) is -1.68. The second-order valence-corrected chi connectivity index (χ2v) is 14.3. The third-order valence-electron chi connectivity index (χ3n) is 12.4. The summed E-state index contributed by atoms with van der Waals surface area (Å²) < 4.78 is 18.5. The number of aromatic nitrogens is 1. The first kappa shape index (κ1) is 31.2. The molecular weight excluding hydrogens is 576 g/mol. The maximum absolute atomic E-state index is 13.4. The fourth-order valence-electron chi connectivity index (χ4n) is 10.4. The second kappa shape index (κ2) is 8.95. The van der Waals surface area contributed by atoms with Crippen LogP contribution in [0.25, 0.3) is 0 Å². The summed E-state index contributed by atoms with van der Waals surface area (Å²) >= 11 is 0. The van der Waals surface area contributed by atoms with Crippen molar-refractivity contribution in [3.63, 3.8) is 0 Å². The van der Waals surface area contributed by atoms with Gasteiger partial charge >= 0.3 is 11.9 Å². The SMILES string of the molecule is CC(C)[C@]1(O)[C@@H](OC(=O)c2ccc[nH]2)[C@@]2(O)[C@@]3(C)C[C@@]4(O)O[C@@]5([C@H](OC(=O)CCCN=C(N)N)[C@@H](C)CC[C@]35O)[C@@]2(O)[C@]41C. The van der Waals surface area contributed by atoms with E-state index in [0.717, 1.165) is 0 Å². The van der Waals surface area contributed by atoms with Gasteiger partial charge in [-0.05, 0) is 50.2 Å². The molecule has 14 nitrogen and oxygen atoms in total.